The molecular formula is C14H14N2O5S2. The van der Waals surface area contributed by atoms with E-state index in [2.05, 4.69) is 5.32 Å². The summed E-state index contributed by atoms with van der Waals surface area (Å²) in [4.78, 5) is 23.3. The van der Waals surface area contributed by atoms with E-state index >= 15 is 0 Å². The molecule has 122 valence electrons. The summed E-state index contributed by atoms with van der Waals surface area (Å²) in [5, 5.41) is 12.9. The zero-order chi connectivity index (χ0) is 17.2. The van der Waals surface area contributed by atoms with Crippen LogP contribution in [0.2, 0.25) is 0 Å². The molecule has 9 heteroatoms. The number of rotatable bonds is 5. The third-order valence-electron chi connectivity index (χ3n) is 2.95. The molecule has 0 radical (unpaired) electrons. The van der Waals surface area contributed by atoms with Crippen molar-refractivity contribution >= 4 is 38.9 Å². The van der Waals surface area contributed by atoms with Gasteiger partial charge in [-0.2, -0.15) is 0 Å². The van der Waals surface area contributed by atoms with Crippen molar-refractivity contribution < 1.29 is 23.1 Å². The molecule has 0 aliphatic rings. The molecule has 0 aliphatic heterocycles. The van der Waals surface area contributed by atoms with Gasteiger partial charge in [0.05, 0.1) is 15.3 Å². The molecule has 7 nitrogen and oxygen atoms in total. The summed E-state index contributed by atoms with van der Waals surface area (Å²) in [5.41, 5.74) is 0.366. The fraction of sp³-hybridized carbons (Fsp3) is 0.143. The van der Waals surface area contributed by atoms with Gasteiger partial charge in [-0.3, -0.25) is 4.79 Å². The largest absolute Gasteiger partial charge is 0.478 e. The van der Waals surface area contributed by atoms with Crippen molar-refractivity contribution in [3.05, 3.63) is 46.2 Å². The molecule has 2 N–H and O–H groups in total. The van der Waals surface area contributed by atoms with Gasteiger partial charge in [-0.1, -0.05) is 6.07 Å². The molecule has 1 amide bonds. The number of carboxylic acid groups (broad SMARTS) is 1. The average molecular weight is 354 g/mol. The summed E-state index contributed by atoms with van der Waals surface area (Å²) in [5.74, 6) is -1.60. The Labute approximate surface area is 137 Å². The maximum absolute atomic E-state index is 12.1. The maximum Gasteiger partial charge on any atom is 0.335 e. The fourth-order valence-electron chi connectivity index (χ4n) is 1.71. The average Bonchev–Trinajstić information content (AvgIpc) is 2.98. The van der Waals surface area contributed by atoms with E-state index in [-0.39, 0.29) is 15.3 Å². The van der Waals surface area contributed by atoms with E-state index in [1.54, 1.807) is 6.07 Å². The van der Waals surface area contributed by atoms with Gasteiger partial charge in [0.2, 0.25) is 10.0 Å². The number of hydrogen-bond donors (Lipinski definition) is 2. The zero-order valence-corrected chi connectivity index (χ0v) is 13.9. The van der Waals surface area contributed by atoms with E-state index in [1.807, 2.05) is 0 Å². The van der Waals surface area contributed by atoms with Crippen molar-refractivity contribution in [1.29, 1.82) is 0 Å². The Balaban J connectivity index is 2.21. The Morgan fingerprint density at radius 1 is 1.22 bits per heavy atom. The number of carboxylic acids is 1. The lowest BCUT2D eigenvalue weighted by Gasteiger charge is -2.08. The van der Waals surface area contributed by atoms with Gasteiger partial charge < -0.3 is 10.4 Å². The number of sulfonamides is 1. The number of thiophene rings is 1. The van der Waals surface area contributed by atoms with Crippen LogP contribution in [0, 0.1) is 0 Å². The number of carbonyl (C=O) groups is 2. The first-order chi connectivity index (χ1) is 10.7. The van der Waals surface area contributed by atoms with E-state index in [1.165, 1.54) is 43.7 Å². The van der Waals surface area contributed by atoms with Crippen molar-refractivity contribution in [3.63, 3.8) is 0 Å². The Hall–Kier alpha value is -2.23. The molecule has 2 rings (SSSR count). The van der Waals surface area contributed by atoms with Crippen LogP contribution in [0.25, 0.3) is 0 Å². The van der Waals surface area contributed by atoms with Gasteiger partial charge in [0.1, 0.15) is 0 Å². The van der Waals surface area contributed by atoms with E-state index in [0.717, 1.165) is 15.6 Å². The van der Waals surface area contributed by atoms with Crippen LogP contribution in [0.1, 0.15) is 20.0 Å². The van der Waals surface area contributed by atoms with E-state index in [9.17, 15) is 18.0 Å². The van der Waals surface area contributed by atoms with Gasteiger partial charge in [0, 0.05) is 25.2 Å². The highest BCUT2D eigenvalue weighted by Crippen LogP contribution is 2.22. The SMILES string of the molecule is CN(C)S(=O)(=O)c1csc(C(=O)Nc2cccc(C(=O)O)c2)c1. The molecule has 0 saturated heterocycles. The number of amides is 1. The van der Waals surface area contributed by atoms with Gasteiger partial charge >= 0.3 is 5.97 Å². The molecule has 0 aliphatic carbocycles. The molecule has 0 unspecified atom stereocenters. The van der Waals surface area contributed by atoms with Gasteiger partial charge in [0.15, 0.2) is 0 Å². The van der Waals surface area contributed by atoms with Crippen LogP contribution in [0.15, 0.2) is 40.6 Å². The minimum atomic E-state index is -3.59. The smallest absolute Gasteiger partial charge is 0.335 e. The van der Waals surface area contributed by atoms with E-state index in [0.29, 0.717) is 5.69 Å². The molecule has 0 spiro atoms. The van der Waals surface area contributed by atoms with Gasteiger partial charge in [0.25, 0.3) is 5.91 Å². The standard InChI is InChI=1S/C14H14N2O5S2/c1-16(2)23(20,21)11-7-12(22-8-11)13(17)15-10-5-3-4-9(6-10)14(18)19/h3-8H,1-2H3,(H,15,17)(H,18,19). The Morgan fingerprint density at radius 2 is 1.91 bits per heavy atom. The highest BCUT2D eigenvalue weighted by Gasteiger charge is 2.21. The van der Waals surface area contributed by atoms with Gasteiger partial charge in [-0.05, 0) is 24.3 Å². The minimum absolute atomic E-state index is 0.0388. The second-order valence-corrected chi connectivity index (χ2v) is 7.84. The molecule has 0 fully saturated rings. The first kappa shape index (κ1) is 17.1. The van der Waals surface area contributed by atoms with Crippen LogP contribution >= 0.6 is 11.3 Å². The zero-order valence-electron chi connectivity index (χ0n) is 12.3. The molecule has 0 bridgehead atoms. The van der Waals surface area contributed by atoms with E-state index in [4.69, 9.17) is 5.11 Å². The van der Waals surface area contributed by atoms with Crippen LogP contribution in [-0.2, 0) is 10.0 Å². The topological polar surface area (TPSA) is 104 Å². The summed E-state index contributed by atoms with van der Waals surface area (Å²) in [6, 6.07) is 7.08. The number of benzene rings is 1. The highest BCUT2D eigenvalue weighted by atomic mass is 32.2. The van der Waals surface area contributed by atoms with Crippen molar-refractivity contribution in [2.75, 3.05) is 19.4 Å². The van der Waals surface area contributed by atoms with Gasteiger partial charge in [-0.25, -0.2) is 17.5 Å². The van der Waals surface area contributed by atoms with Crippen LogP contribution in [-0.4, -0.2) is 43.8 Å². The fourth-order valence-corrected chi connectivity index (χ4v) is 3.76. The molecule has 1 aromatic carbocycles. The van der Waals surface area contributed by atoms with Crippen LogP contribution in [0.3, 0.4) is 0 Å². The van der Waals surface area contributed by atoms with Gasteiger partial charge in [-0.15, -0.1) is 11.3 Å². The number of nitrogens with zero attached hydrogens (tertiary/aromatic N) is 1. The summed E-state index contributed by atoms with van der Waals surface area (Å²) in [7, 11) is -0.781. The molecule has 2 aromatic rings. The van der Waals surface area contributed by atoms with E-state index < -0.39 is 21.9 Å². The lowest BCUT2D eigenvalue weighted by molar-refractivity contribution is 0.0696. The second kappa shape index (κ2) is 6.49. The summed E-state index contributed by atoms with van der Waals surface area (Å²) in [6.45, 7) is 0. The van der Waals surface area contributed by atoms with Crippen molar-refractivity contribution in [2.45, 2.75) is 4.90 Å². The van der Waals surface area contributed by atoms with Crippen molar-refractivity contribution in [1.82, 2.24) is 4.31 Å². The van der Waals surface area contributed by atoms with Crippen molar-refractivity contribution in [3.8, 4) is 0 Å². The summed E-state index contributed by atoms with van der Waals surface area (Å²) >= 11 is 0.997. The second-order valence-electron chi connectivity index (χ2n) is 4.77. The summed E-state index contributed by atoms with van der Waals surface area (Å²) in [6.07, 6.45) is 0. The normalized spacial score (nSPS) is 11.4. The molecule has 23 heavy (non-hydrogen) atoms. The molecule has 1 heterocycles. The Bertz CT molecular complexity index is 856. The van der Waals surface area contributed by atoms with Crippen LogP contribution < -0.4 is 5.32 Å². The number of aromatic carboxylic acids is 1. The molecule has 0 atom stereocenters. The first-order valence-corrected chi connectivity index (χ1v) is 8.69. The minimum Gasteiger partial charge on any atom is -0.478 e. The number of anilines is 1. The van der Waals surface area contributed by atoms with Crippen molar-refractivity contribution in [2.24, 2.45) is 0 Å². The Kier molecular flexibility index (Phi) is 4.83. The molecule has 1 aromatic heterocycles. The summed E-state index contributed by atoms with van der Waals surface area (Å²) < 4.78 is 25.0. The highest BCUT2D eigenvalue weighted by molar-refractivity contribution is 7.89. The molecular weight excluding hydrogens is 340 g/mol. The number of hydrogen-bond acceptors (Lipinski definition) is 5. The first-order valence-electron chi connectivity index (χ1n) is 6.37. The molecule has 0 saturated carbocycles. The quantitative estimate of drug-likeness (QED) is 0.854. The lowest BCUT2D eigenvalue weighted by Crippen LogP contribution is -2.21. The van der Waals surface area contributed by atoms with Crippen LogP contribution in [0.4, 0.5) is 5.69 Å². The third kappa shape index (κ3) is 3.76. The monoisotopic (exact) mass is 354 g/mol. The predicted molar refractivity (Wildman–Crippen MR) is 86.5 cm³/mol. The predicted octanol–water partition coefficient (Wildman–Crippen LogP) is 1.95. The lowest BCUT2D eigenvalue weighted by atomic mass is 10.2. The number of nitrogens with one attached hydrogen (secondary N) is 1. The number of carbonyl (C=O) groups excluding carboxylic acids is 1. The Morgan fingerprint density at radius 3 is 2.52 bits per heavy atom. The maximum atomic E-state index is 12.1. The third-order valence-corrected chi connectivity index (χ3v) is 5.82. The van der Waals surface area contributed by atoms with Crippen LogP contribution in [0.5, 0.6) is 0 Å².